The lowest BCUT2D eigenvalue weighted by Gasteiger charge is -2.48. The van der Waals surface area contributed by atoms with E-state index in [0.29, 0.717) is 11.4 Å². The Labute approximate surface area is 268 Å². The third kappa shape index (κ3) is 3.87. The third-order valence-corrected chi connectivity index (χ3v) is 13.0. The summed E-state index contributed by atoms with van der Waals surface area (Å²) in [5, 5.41) is 2.29. The summed E-state index contributed by atoms with van der Waals surface area (Å²) < 4.78 is 58.0. The topological polar surface area (TPSA) is 23.6 Å². The van der Waals surface area contributed by atoms with Gasteiger partial charge in [-0.3, -0.25) is 0 Å². The van der Waals surface area contributed by atoms with Crippen molar-refractivity contribution in [2.75, 3.05) is 9.80 Å². The molecule has 0 N–H and O–H groups in total. The van der Waals surface area contributed by atoms with Crippen molar-refractivity contribution in [1.29, 1.82) is 0 Å². The molecule has 46 heavy (non-hydrogen) atoms. The van der Waals surface area contributed by atoms with E-state index in [4.69, 9.17) is 0 Å². The summed E-state index contributed by atoms with van der Waals surface area (Å²) in [6.45, 7) is -0.321. The van der Waals surface area contributed by atoms with Gasteiger partial charge in [-0.25, -0.2) is 0 Å². The van der Waals surface area contributed by atoms with Gasteiger partial charge in [0.25, 0.3) is 6.71 Å². The number of alkyl halides is 3. The molecule has 0 fully saturated rings. The van der Waals surface area contributed by atoms with Crippen molar-refractivity contribution >= 4 is 92.0 Å². The van der Waals surface area contributed by atoms with E-state index in [-0.39, 0.29) is 23.4 Å². The van der Waals surface area contributed by atoms with Gasteiger partial charge in [-0.15, -0.1) is 0 Å². The molecule has 222 valence electrons. The number of nitrogens with zero attached hydrogens (tertiary/aromatic N) is 2. The van der Waals surface area contributed by atoms with Gasteiger partial charge in [-0.2, -0.15) is 13.2 Å². The molecule has 0 unspecified atom stereocenters. The maximum Gasteiger partial charge on any atom is 0.446 e. The van der Waals surface area contributed by atoms with Crippen molar-refractivity contribution in [2.45, 2.75) is 10.4 Å². The van der Waals surface area contributed by atoms with Crippen molar-refractivity contribution in [1.82, 2.24) is 0 Å². The highest BCUT2D eigenvalue weighted by molar-refractivity contribution is 8.00. The zero-order valence-electron chi connectivity index (χ0n) is 24.1. The number of benzene rings is 6. The van der Waals surface area contributed by atoms with Gasteiger partial charge in [0.15, 0.2) is 7.14 Å². The fraction of sp³-hybridized carbons (Fsp3) is 0.0270. The second-order valence-electron chi connectivity index (χ2n) is 11.6. The minimum absolute atomic E-state index is 0.101. The monoisotopic (exact) mass is 642 g/mol. The lowest BCUT2D eigenvalue weighted by molar-refractivity contribution is -0.0328. The van der Waals surface area contributed by atoms with Crippen LogP contribution >= 0.6 is 18.9 Å². The lowest BCUT2D eigenvalue weighted by Crippen LogP contribution is -2.71. The maximum absolute atomic E-state index is 15.9. The fourth-order valence-corrected chi connectivity index (χ4v) is 11.3. The second kappa shape index (κ2) is 9.93. The standard InChI is InChI=1S/C37H23BF3N2OPS/c39-37(40,41)46-27-22-30-34-31(23-27)43(25-14-6-2-7-15-25)29-19-11-21-33-36(29)38(34)35-28(42(30)24-12-4-1-5-13-24)18-10-20-32(35)45(33,44)26-16-8-3-9-17-26/h1-23H. The van der Waals surface area contributed by atoms with E-state index in [2.05, 4.69) is 0 Å². The van der Waals surface area contributed by atoms with E-state index in [0.717, 1.165) is 55.1 Å². The van der Waals surface area contributed by atoms with Gasteiger partial charge in [0, 0.05) is 54.9 Å². The number of hydrogen-bond donors (Lipinski definition) is 0. The molecule has 3 nitrogen and oxygen atoms in total. The molecule has 6 aromatic carbocycles. The van der Waals surface area contributed by atoms with Crippen molar-refractivity contribution in [3.63, 3.8) is 0 Å². The number of halogens is 3. The van der Waals surface area contributed by atoms with Crippen LogP contribution in [0.25, 0.3) is 0 Å². The van der Waals surface area contributed by atoms with Gasteiger partial charge in [0.1, 0.15) is 0 Å². The Balaban J connectivity index is 1.46. The Hall–Kier alpha value is -4.65. The zero-order chi connectivity index (χ0) is 31.2. The zero-order valence-corrected chi connectivity index (χ0v) is 25.9. The van der Waals surface area contributed by atoms with Crippen LogP contribution in [-0.4, -0.2) is 12.2 Å². The molecule has 3 aliphatic heterocycles. The molecule has 0 aliphatic carbocycles. The van der Waals surface area contributed by atoms with Crippen molar-refractivity contribution in [2.24, 2.45) is 0 Å². The molecule has 3 aliphatic rings. The van der Waals surface area contributed by atoms with E-state index < -0.39 is 12.7 Å². The van der Waals surface area contributed by atoms with Crippen LogP contribution in [-0.2, 0) is 4.57 Å². The number of hydrogen-bond acceptors (Lipinski definition) is 4. The summed E-state index contributed by atoms with van der Waals surface area (Å²) in [6, 6.07) is 44.2. The summed E-state index contributed by atoms with van der Waals surface area (Å²) in [5.41, 5.74) is 2.96. The first kappa shape index (κ1) is 27.6. The molecule has 0 radical (unpaired) electrons. The molecule has 0 spiro atoms. The summed E-state index contributed by atoms with van der Waals surface area (Å²) in [4.78, 5) is 4.20. The minimum atomic E-state index is -4.47. The van der Waals surface area contributed by atoms with E-state index >= 15 is 4.57 Å². The first-order chi connectivity index (χ1) is 22.3. The van der Waals surface area contributed by atoms with Crippen LogP contribution in [0.5, 0.6) is 0 Å². The van der Waals surface area contributed by atoms with Crippen LogP contribution in [0.2, 0.25) is 0 Å². The van der Waals surface area contributed by atoms with Gasteiger partial charge in [0.05, 0.1) is 0 Å². The first-order valence-electron chi connectivity index (χ1n) is 14.9. The third-order valence-electron chi connectivity index (χ3n) is 9.12. The van der Waals surface area contributed by atoms with Crippen LogP contribution in [0.4, 0.5) is 47.3 Å². The number of thioether (sulfide) groups is 1. The number of para-hydroxylation sites is 2. The molecule has 0 atom stereocenters. The average Bonchev–Trinajstić information content (AvgIpc) is 3.07. The Bertz CT molecular complexity index is 2110. The largest absolute Gasteiger partial charge is 0.446 e. The Morgan fingerprint density at radius 2 is 1.00 bits per heavy atom. The molecule has 3 heterocycles. The van der Waals surface area contributed by atoms with Gasteiger partial charge in [-0.05, 0) is 76.7 Å². The maximum atomic E-state index is 15.9. The molecule has 0 aromatic heterocycles. The highest BCUT2D eigenvalue weighted by atomic mass is 32.2. The molecule has 9 heteroatoms. The van der Waals surface area contributed by atoms with Crippen molar-refractivity contribution in [3.8, 4) is 0 Å². The number of rotatable bonds is 4. The van der Waals surface area contributed by atoms with Gasteiger partial charge in [-0.1, -0.05) is 91.0 Å². The minimum Gasteiger partial charge on any atom is -0.311 e. The van der Waals surface area contributed by atoms with Crippen LogP contribution in [0.15, 0.2) is 144 Å². The summed E-state index contributed by atoms with van der Waals surface area (Å²) in [5.74, 6) is 0. The second-order valence-corrected chi connectivity index (χ2v) is 15.4. The Morgan fingerprint density at radius 1 is 0.543 bits per heavy atom. The molecule has 6 aromatic rings. The van der Waals surface area contributed by atoms with E-state index in [9.17, 15) is 13.2 Å². The van der Waals surface area contributed by atoms with Gasteiger partial charge < -0.3 is 14.4 Å². The number of anilines is 6. The summed E-state index contributed by atoms with van der Waals surface area (Å²) in [6.07, 6.45) is 0. The predicted octanol–water partition coefficient (Wildman–Crippen LogP) is 7.33. The Kier molecular flexibility index (Phi) is 5.97. The molecule has 0 amide bonds. The van der Waals surface area contributed by atoms with Gasteiger partial charge >= 0.3 is 5.51 Å². The van der Waals surface area contributed by atoms with Crippen LogP contribution < -0.4 is 42.1 Å². The van der Waals surface area contributed by atoms with Crippen molar-refractivity contribution in [3.05, 3.63) is 140 Å². The van der Waals surface area contributed by atoms with Crippen LogP contribution in [0, 0.1) is 0 Å². The molecular formula is C37H23BF3N2OPS. The van der Waals surface area contributed by atoms with Crippen LogP contribution in [0.3, 0.4) is 0 Å². The quantitative estimate of drug-likeness (QED) is 0.114. The smallest absolute Gasteiger partial charge is 0.311 e. The van der Waals surface area contributed by atoms with E-state index in [1.54, 1.807) is 12.1 Å². The highest BCUT2D eigenvalue weighted by Gasteiger charge is 2.53. The lowest BCUT2D eigenvalue weighted by atomic mass is 9.33. The SMILES string of the molecule is O=P1(c2ccccc2)c2cccc3c2B2c4c(cc(SC(F)(F)F)cc4N(c4ccccc4)c4cccc1c42)N3c1ccccc1. The molecular weight excluding hydrogens is 619 g/mol. The molecule has 9 rings (SSSR count). The summed E-state index contributed by atoms with van der Waals surface area (Å²) >= 11 is -0.101. The molecule has 0 saturated heterocycles. The normalized spacial score (nSPS) is 15.1. The highest BCUT2D eigenvalue weighted by Crippen LogP contribution is 2.52. The van der Waals surface area contributed by atoms with Crippen LogP contribution in [0.1, 0.15) is 0 Å². The van der Waals surface area contributed by atoms with Gasteiger partial charge in [0.2, 0.25) is 0 Å². The summed E-state index contributed by atoms with van der Waals surface area (Å²) in [7, 11) is -3.38. The van der Waals surface area contributed by atoms with E-state index in [1.807, 2.05) is 137 Å². The first-order valence-corrected chi connectivity index (χ1v) is 17.4. The average molecular weight is 642 g/mol. The Morgan fingerprint density at radius 3 is 1.46 bits per heavy atom. The van der Waals surface area contributed by atoms with Crippen molar-refractivity contribution < 1.29 is 17.7 Å². The van der Waals surface area contributed by atoms with E-state index in [1.165, 1.54) is 0 Å². The fourth-order valence-electron chi connectivity index (χ4n) is 7.52. The predicted molar refractivity (Wildman–Crippen MR) is 185 cm³/mol. The molecule has 0 saturated carbocycles. The molecule has 0 bridgehead atoms.